The molecule has 8 rings (SSSR count). The van der Waals surface area contributed by atoms with Gasteiger partial charge in [-0.25, -0.2) is 19.2 Å². The van der Waals surface area contributed by atoms with E-state index in [0.29, 0.717) is 68.9 Å². The minimum Gasteiger partial charge on any atom is -0.462 e. The zero-order valence-corrected chi connectivity index (χ0v) is 72.3. The Labute approximate surface area is 667 Å². The first-order chi connectivity index (χ1) is 50.0. The summed E-state index contributed by atoms with van der Waals surface area (Å²) in [4.78, 5) is 55.8. The van der Waals surface area contributed by atoms with Crippen LogP contribution in [0.1, 0.15) is 389 Å². The molecule has 2 aliphatic rings. The van der Waals surface area contributed by atoms with Gasteiger partial charge in [0.2, 0.25) is 0 Å². The van der Waals surface area contributed by atoms with Crippen molar-refractivity contribution < 1.29 is 56.7 Å². The fraction of sp³-hybridized carbons (Fsp3) is 0.718. The van der Waals surface area contributed by atoms with Crippen LogP contribution in [0, 0.1) is 0 Å². The second-order valence-electron chi connectivity index (χ2n) is 31.3. The molecule has 0 saturated carbocycles. The molecule has 588 valence electrons. The molecule has 2 aliphatic heterocycles. The lowest BCUT2D eigenvalue weighted by atomic mass is 9.86. The molecule has 105 heavy (non-hydrogen) atoms. The average Bonchev–Trinajstić information content (AvgIpc) is 1.57. The predicted octanol–water partition coefficient (Wildman–Crippen LogP) is 27.3. The summed E-state index contributed by atoms with van der Waals surface area (Å²) in [6, 6.07) is 7.80. The zero-order chi connectivity index (χ0) is 75.1. The van der Waals surface area contributed by atoms with E-state index in [0.717, 1.165) is 102 Å². The number of hydrogen-bond acceptors (Lipinski definition) is 16. The Hall–Kier alpha value is -2.91. The Morgan fingerprint density at radius 3 is 0.695 bits per heavy atom. The third-order valence-electron chi connectivity index (χ3n) is 21.6. The third kappa shape index (κ3) is 27.2. The van der Waals surface area contributed by atoms with Gasteiger partial charge in [0.1, 0.15) is 0 Å². The van der Waals surface area contributed by atoms with E-state index in [2.05, 4.69) is 59.6 Å². The summed E-state index contributed by atoms with van der Waals surface area (Å²) in [6.45, 7) is 26.7. The van der Waals surface area contributed by atoms with Crippen LogP contribution in [0.3, 0.4) is 0 Å². The van der Waals surface area contributed by atoms with Crippen molar-refractivity contribution in [2.75, 3.05) is 26.4 Å². The lowest BCUT2D eigenvalue weighted by molar-refractivity contribution is 0.00578. The van der Waals surface area contributed by atoms with Gasteiger partial charge in [0.25, 0.3) is 0 Å². The lowest BCUT2D eigenvalue weighted by Gasteiger charge is -2.32. The van der Waals surface area contributed by atoms with Gasteiger partial charge in [0.15, 0.2) is 0 Å². The number of unbranched alkanes of at least 4 members (excludes halogenated alkanes) is 36. The van der Waals surface area contributed by atoms with Crippen molar-refractivity contribution in [3.8, 4) is 0 Å². The van der Waals surface area contributed by atoms with Gasteiger partial charge in [0.05, 0.1) is 88.1 Å². The van der Waals surface area contributed by atoms with Gasteiger partial charge in [0, 0.05) is 40.5 Å². The van der Waals surface area contributed by atoms with E-state index in [1.807, 2.05) is 79.7 Å². The van der Waals surface area contributed by atoms with E-state index in [-0.39, 0.29) is 19.4 Å². The van der Waals surface area contributed by atoms with Crippen LogP contribution in [-0.2, 0) is 37.6 Å². The van der Waals surface area contributed by atoms with Crippen LogP contribution in [0.5, 0.6) is 0 Å². The number of rotatable bonds is 50. The topological polar surface area (TPSA) is 142 Å². The normalized spacial score (nSPS) is 15.1. The zero-order valence-electron chi connectivity index (χ0n) is 65.9. The van der Waals surface area contributed by atoms with Crippen LogP contribution in [0.2, 0.25) is 0 Å². The van der Waals surface area contributed by atoms with E-state index in [9.17, 15) is 19.2 Å². The molecule has 0 radical (unpaired) electrons. The van der Waals surface area contributed by atoms with Crippen LogP contribution in [0.4, 0.5) is 0 Å². The standard InChI is InChI=1S/C48H76B2O8S2.C36H52Br2O4S2.CH4/c1-11-13-15-17-19-21-23-25-27-29-31-53-43(51)39-35-33-37(49-55-45(3,4)46(5,6)56-49)60-42(35)40(44(52)54-32-30-28-26-24-22-20-18-16-14-12-2)36-34-38(59-41(36)39)50-57-47(7,8)48(9,10)58-50;1-3-5-7-9-11-13-15-17-19-21-23-41-35(39)31-27-25-29(37)44-34(27)32(28-26-30(38)43-33(28)31)36(40)42-24-22-20-18-16-14-12-10-8-6-4-2;/h33-34H,11-32H2,1-10H3;25-26H,3-24H2,1-2H3;1H4. The van der Waals surface area contributed by atoms with Gasteiger partial charge < -0.3 is 37.6 Å². The summed E-state index contributed by atoms with van der Waals surface area (Å²) in [5.74, 6) is -1.43. The Morgan fingerprint density at radius 2 is 0.486 bits per heavy atom. The van der Waals surface area contributed by atoms with Crippen molar-refractivity contribution in [1.82, 2.24) is 0 Å². The summed E-state index contributed by atoms with van der Waals surface area (Å²) in [5, 5.41) is 2.81. The fourth-order valence-electron chi connectivity index (χ4n) is 13.8. The Balaban J connectivity index is 0.000000342. The van der Waals surface area contributed by atoms with Gasteiger partial charge in [-0.1, -0.05) is 266 Å². The molecular weight excluding hydrogens is 1520 g/mol. The van der Waals surface area contributed by atoms with Crippen LogP contribution in [0.15, 0.2) is 31.8 Å². The first kappa shape index (κ1) is 91.0. The summed E-state index contributed by atoms with van der Waals surface area (Å²) >= 11 is 13.0. The monoisotopic (exact) mass is 1650 g/mol. The smallest absolute Gasteiger partial charge is 0.462 e. The van der Waals surface area contributed by atoms with Crippen molar-refractivity contribution >= 4 is 165 Å². The highest BCUT2D eigenvalue weighted by molar-refractivity contribution is 9.11. The Bertz CT molecular complexity index is 3220. The summed E-state index contributed by atoms with van der Waals surface area (Å²) in [7, 11) is -1.31. The summed E-state index contributed by atoms with van der Waals surface area (Å²) < 4.78 is 56.0. The van der Waals surface area contributed by atoms with Crippen molar-refractivity contribution in [3.63, 3.8) is 0 Å². The highest BCUT2D eigenvalue weighted by Gasteiger charge is 2.54. The quantitative estimate of drug-likeness (QED) is 0.0155. The molecule has 2 fully saturated rings. The summed E-state index contributed by atoms with van der Waals surface area (Å²) in [5.41, 5.74) is -0.231. The number of fused-ring (bicyclic) bond motifs is 4. The Kier molecular flexibility index (Phi) is 40.6. The van der Waals surface area contributed by atoms with Crippen molar-refractivity contribution in [1.29, 1.82) is 0 Å². The molecular formula is C85H132B2Br2O12S4. The van der Waals surface area contributed by atoms with E-state index in [1.54, 1.807) is 0 Å². The van der Waals surface area contributed by atoms with Gasteiger partial charge in [-0.15, -0.1) is 45.3 Å². The first-order valence-electron chi connectivity index (χ1n) is 40.8. The number of esters is 4. The van der Waals surface area contributed by atoms with Gasteiger partial charge >= 0.3 is 38.1 Å². The number of thiophene rings is 4. The molecule has 0 bridgehead atoms. The molecule has 0 amide bonds. The minimum absolute atomic E-state index is 0. The van der Waals surface area contributed by atoms with Gasteiger partial charge in [-0.3, -0.25) is 0 Å². The number of hydrogen-bond donors (Lipinski definition) is 0. The fourth-order valence-corrected chi connectivity index (χ4v) is 19.4. The van der Waals surface area contributed by atoms with E-state index in [4.69, 9.17) is 37.6 Å². The first-order valence-corrected chi connectivity index (χ1v) is 45.6. The highest BCUT2D eigenvalue weighted by atomic mass is 79.9. The molecule has 6 heterocycles. The number of halogens is 2. The van der Waals surface area contributed by atoms with Crippen molar-refractivity contribution in [2.45, 2.75) is 370 Å². The molecule has 2 saturated heterocycles. The van der Waals surface area contributed by atoms with Crippen LogP contribution >= 0.6 is 77.2 Å². The molecule has 6 aromatic rings. The minimum atomic E-state index is -0.656. The number of carbonyl (C=O) groups is 4. The average molecular weight is 1660 g/mol. The molecule has 0 aliphatic carbocycles. The van der Waals surface area contributed by atoms with Crippen LogP contribution in [-0.4, -0.2) is 86.9 Å². The molecule has 0 spiro atoms. The molecule has 0 atom stereocenters. The Morgan fingerprint density at radius 1 is 0.305 bits per heavy atom. The van der Waals surface area contributed by atoms with E-state index >= 15 is 0 Å². The highest BCUT2D eigenvalue weighted by Crippen LogP contribution is 2.47. The van der Waals surface area contributed by atoms with E-state index in [1.165, 1.54) is 238 Å². The number of carbonyl (C=O) groups excluding carboxylic acids is 4. The van der Waals surface area contributed by atoms with Crippen LogP contribution in [0.25, 0.3) is 40.3 Å². The second kappa shape index (κ2) is 46.8. The second-order valence-corrected chi connectivity index (χ2v) is 38.3. The van der Waals surface area contributed by atoms with E-state index < -0.39 is 48.6 Å². The summed E-state index contributed by atoms with van der Waals surface area (Å²) in [6.07, 6.45) is 48.7. The van der Waals surface area contributed by atoms with Gasteiger partial charge in [-0.2, -0.15) is 0 Å². The molecule has 4 aromatic heterocycles. The third-order valence-corrected chi connectivity index (χ3v) is 27.3. The molecule has 20 heteroatoms. The van der Waals surface area contributed by atoms with Crippen molar-refractivity contribution in [2.24, 2.45) is 0 Å². The maximum atomic E-state index is 14.4. The molecule has 12 nitrogen and oxygen atoms in total. The molecule has 0 N–H and O–H groups in total. The number of benzene rings is 2. The maximum absolute atomic E-state index is 14.4. The van der Waals surface area contributed by atoms with Crippen molar-refractivity contribution in [3.05, 3.63) is 54.1 Å². The maximum Gasteiger partial charge on any atom is 0.505 e. The largest absolute Gasteiger partial charge is 0.505 e. The molecule has 2 aromatic carbocycles. The van der Waals surface area contributed by atoms with Gasteiger partial charge in [-0.05, 0) is 137 Å². The molecule has 0 unspecified atom stereocenters. The SMILES string of the molecule is C.CCCCCCCCCCCCOC(=O)c1c2cc(B3OC(C)(C)C(C)(C)O3)sc2c(C(=O)OCCCCCCCCCCCC)c2cc(B3OC(C)(C)C(C)(C)O3)sc12.CCCCCCCCCCCCOC(=O)c1c2cc(Br)sc2c(C(=O)OCCCCCCCCCCCC)c2cc(Br)sc12. The van der Waals surface area contributed by atoms with Crippen LogP contribution < -0.4 is 9.55 Å². The lowest BCUT2D eigenvalue weighted by Crippen LogP contribution is -2.41. The predicted molar refractivity (Wildman–Crippen MR) is 456 cm³/mol. The number of ether oxygens (including phenoxy) is 4.